The third kappa shape index (κ3) is 3.76. The number of imidazole rings is 1. The summed E-state index contributed by atoms with van der Waals surface area (Å²) in [5.74, 6) is 0.898. The van der Waals surface area contributed by atoms with E-state index in [2.05, 4.69) is 14.8 Å². The summed E-state index contributed by atoms with van der Waals surface area (Å²) in [5, 5.41) is 0.612. The molecule has 0 amide bonds. The topological polar surface area (TPSA) is 64.9 Å². The Kier molecular flexibility index (Phi) is 5.48. The molecular formula is C14H25ClN6O2S. The lowest BCUT2D eigenvalue weighted by Gasteiger charge is -2.38. The molecule has 0 saturated carbocycles. The summed E-state index contributed by atoms with van der Waals surface area (Å²) in [5.41, 5.74) is 0. The summed E-state index contributed by atoms with van der Waals surface area (Å²) >= 11 is 6.01. The van der Waals surface area contributed by atoms with Gasteiger partial charge in [-0.3, -0.25) is 4.90 Å². The molecule has 136 valence electrons. The number of piperazine rings is 2. The quantitative estimate of drug-likeness (QED) is 0.721. The SMILES string of the molecule is CN1CCN(S(=O)(=O)N2CCN(Cc3ncc(Cl)n3C)CC2)CC1. The molecule has 0 bridgehead atoms. The third-order valence-corrected chi connectivity index (χ3v) is 7.23. The second kappa shape index (κ2) is 7.27. The van der Waals surface area contributed by atoms with Gasteiger partial charge in [-0.05, 0) is 7.05 Å². The molecule has 0 spiro atoms. The van der Waals surface area contributed by atoms with Crippen molar-refractivity contribution in [2.45, 2.75) is 6.54 Å². The summed E-state index contributed by atoms with van der Waals surface area (Å²) < 4.78 is 30.6. The molecule has 1 aromatic rings. The molecule has 2 aliphatic rings. The zero-order valence-corrected chi connectivity index (χ0v) is 15.8. The molecule has 10 heteroatoms. The summed E-state index contributed by atoms with van der Waals surface area (Å²) in [6.45, 7) is 5.87. The second-order valence-corrected chi connectivity index (χ2v) is 8.76. The standard InChI is InChI=1S/C14H25ClN6O2S/c1-17-3-7-20(8-4-17)24(22,23)21-9-5-19(6-10-21)12-14-16-11-13(15)18(14)2/h11H,3-10,12H2,1-2H3. The average Bonchev–Trinajstić information content (AvgIpc) is 2.88. The first-order valence-electron chi connectivity index (χ1n) is 8.20. The Labute approximate surface area is 148 Å². The Hall–Kier alpha value is -0.710. The van der Waals surface area contributed by atoms with Crippen molar-refractivity contribution in [3.63, 3.8) is 0 Å². The van der Waals surface area contributed by atoms with Crippen LogP contribution in [0.1, 0.15) is 5.82 Å². The molecule has 1 aromatic heterocycles. The Morgan fingerprint density at radius 1 is 1.00 bits per heavy atom. The normalized spacial score (nSPS) is 23.0. The molecule has 0 aromatic carbocycles. The van der Waals surface area contributed by atoms with Crippen molar-refractivity contribution in [2.75, 3.05) is 59.4 Å². The molecule has 0 unspecified atom stereocenters. The maximum atomic E-state index is 12.8. The maximum Gasteiger partial charge on any atom is 0.282 e. The van der Waals surface area contributed by atoms with Gasteiger partial charge in [0, 0.05) is 59.4 Å². The smallest absolute Gasteiger partial charge is 0.282 e. The van der Waals surface area contributed by atoms with Crippen molar-refractivity contribution < 1.29 is 8.42 Å². The Bertz CT molecular complexity index is 663. The molecule has 2 fully saturated rings. The van der Waals surface area contributed by atoms with Crippen LogP contribution in [0.3, 0.4) is 0 Å². The lowest BCUT2D eigenvalue weighted by Crippen LogP contribution is -2.56. The second-order valence-electron chi connectivity index (χ2n) is 6.44. The molecule has 24 heavy (non-hydrogen) atoms. The van der Waals surface area contributed by atoms with E-state index in [1.807, 2.05) is 18.7 Å². The van der Waals surface area contributed by atoms with Gasteiger partial charge in [0.25, 0.3) is 10.2 Å². The molecule has 0 atom stereocenters. The van der Waals surface area contributed by atoms with Crippen LogP contribution in [0.2, 0.25) is 5.15 Å². The first kappa shape index (κ1) is 18.1. The highest BCUT2D eigenvalue weighted by molar-refractivity contribution is 7.86. The minimum atomic E-state index is -3.34. The highest BCUT2D eigenvalue weighted by Gasteiger charge is 2.33. The van der Waals surface area contributed by atoms with Crippen molar-refractivity contribution in [2.24, 2.45) is 7.05 Å². The van der Waals surface area contributed by atoms with Gasteiger partial charge in [0.05, 0.1) is 12.7 Å². The summed E-state index contributed by atoms with van der Waals surface area (Å²) in [7, 11) is 0.571. The van der Waals surface area contributed by atoms with E-state index in [1.54, 1.807) is 14.8 Å². The fourth-order valence-corrected chi connectivity index (χ4v) is 4.79. The van der Waals surface area contributed by atoms with E-state index < -0.39 is 10.2 Å². The minimum absolute atomic E-state index is 0.521. The van der Waals surface area contributed by atoms with Gasteiger partial charge in [-0.2, -0.15) is 17.0 Å². The van der Waals surface area contributed by atoms with E-state index in [0.29, 0.717) is 51.0 Å². The molecule has 2 saturated heterocycles. The van der Waals surface area contributed by atoms with Crippen molar-refractivity contribution in [1.29, 1.82) is 0 Å². The highest BCUT2D eigenvalue weighted by atomic mass is 35.5. The van der Waals surface area contributed by atoms with Crippen molar-refractivity contribution in [1.82, 2.24) is 28.0 Å². The molecule has 2 aliphatic heterocycles. The van der Waals surface area contributed by atoms with Crippen LogP contribution >= 0.6 is 11.6 Å². The van der Waals surface area contributed by atoms with E-state index in [-0.39, 0.29) is 0 Å². The minimum Gasteiger partial charge on any atom is -0.321 e. The molecule has 3 heterocycles. The van der Waals surface area contributed by atoms with Crippen LogP contribution < -0.4 is 0 Å². The lowest BCUT2D eigenvalue weighted by molar-refractivity contribution is 0.161. The monoisotopic (exact) mass is 376 g/mol. The van der Waals surface area contributed by atoms with E-state index in [4.69, 9.17) is 11.6 Å². The number of nitrogens with zero attached hydrogens (tertiary/aromatic N) is 6. The third-order valence-electron chi connectivity index (χ3n) is 4.84. The Morgan fingerprint density at radius 3 is 2.04 bits per heavy atom. The first-order valence-corrected chi connectivity index (χ1v) is 9.97. The van der Waals surface area contributed by atoms with E-state index >= 15 is 0 Å². The van der Waals surface area contributed by atoms with Gasteiger partial charge in [-0.15, -0.1) is 0 Å². The zero-order valence-electron chi connectivity index (χ0n) is 14.2. The predicted octanol–water partition coefficient (Wildman–Crippen LogP) is -0.317. The van der Waals surface area contributed by atoms with Gasteiger partial charge in [-0.1, -0.05) is 11.6 Å². The fourth-order valence-electron chi connectivity index (χ4n) is 3.07. The van der Waals surface area contributed by atoms with Crippen LogP contribution in [0.15, 0.2) is 6.20 Å². The van der Waals surface area contributed by atoms with Crippen molar-refractivity contribution in [3.05, 3.63) is 17.2 Å². The Morgan fingerprint density at radius 2 is 1.54 bits per heavy atom. The van der Waals surface area contributed by atoms with E-state index in [9.17, 15) is 8.42 Å². The number of aromatic nitrogens is 2. The van der Waals surface area contributed by atoms with Crippen LogP contribution in [0.4, 0.5) is 0 Å². The van der Waals surface area contributed by atoms with Gasteiger partial charge in [0.2, 0.25) is 0 Å². The molecule has 0 N–H and O–H groups in total. The summed E-state index contributed by atoms with van der Waals surface area (Å²) in [4.78, 5) is 8.67. The predicted molar refractivity (Wildman–Crippen MR) is 93.1 cm³/mol. The van der Waals surface area contributed by atoms with Crippen LogP contribution in [0, 0.1) is 0 Å². The van der Waals surface area contributed by atoms with Crippen LogP contribution in [0.25, 0.3) is 0 Å². The first-order chi connectivity index (χ1) is 11.4. The van der Waals surface area contributed by atoms with E-state index in [1.165, 1.54) is 0 Å². The van der Waals surface area contributed by atoms with E-state index in [0.717, 1.165) is 18.9 Å². The van der Waals surface area contributed by atoms with Crippen LogP contribution in [-0.2, 0) is 23.8 Å². The molecule has 0 radical (unpaired) electrons. The number of hydrogen-bond acceptors (Lipinski definition) is 5. The lowest BCUT2D eigenvalue weighted by atomic mass is 10.3. The zero-order chi connectivity index (χ0) is 17.3. The van der Waals surface area contributed by atoms with Gasteiger partial charge >= 0.3 is 0 Å². The van der Waals surface area contributed by atoms with Crippen LogP contribution in [-0.4, -0.2) is 95.8 Å². The van der Waals surface area contributed by atoms with Gasteiger partial charge < -0.3 is 9.47 Å². The number of rotatable bonds is 4. The van der Waals surface area contributed by atoms with Gasteiger partial charge in [0.15, 0.2) is 0 Å². The van der Waals surface area contributed by atoms with Crippen molar-refractivity contribution in [3.8, 4) is 0 Å². The largest absolute Gasteiger partial charge is 0.321 e. The fraction of sp³-hybridized carbons (Fsp3) is 0.786. The number of hydrogen-bond donors (Lipinski definition) is 0. The average molecular weight is 377 g/mol. The summed E-state index contributed by atoms with van der Waals surface area (Å²) in [6, 6.07) is 0. The Balaban J connectivity index is 1.55. The molecular weight excluding hydrogens is 352 g/mol. The number of likely N-dealkylation sites (N-methyl/N-ethyl adjacent to an activating group) is 1. The number of halogens is 1. The van der Waals surface area contributed by atoms with Gasteiger partial charge in [-0.25, -0.2) is 4.98 Å². The summed E-state index contributed by atoms with van der Waals surface area (Å²) in [6.07, 6.45) is 1.64. The molecule has 0 aliphatic carbocycles. The molecule has 3 rings (SSSR count). The van der Waals surface area contributed by atoms with Crippen molar-refractivity contribution >= 4 is 21.8 Å². The maximum absolute atomic E-state index is 12.8. The van der Waals surface area contributed by atoms with Crippen LogP contribution in [0.5, 0.6) is 0 Å². The molecule has 8 nitrogen and oxygen atoms in total. The highest BCUT2D eigenvalue weighted by Crippen LogP contribution is 2.16. The van der Waals surface area contributed by atoms with Gasteiger partial charge in [0.1, 0.15) is 11.0 Å².